The van der Waals surface area contributed by atoms with Gasteiger partial charge < -0.3 is 14.7 Å². The van der Waals surface area contributed by atoms with E-state index in [9.17, 15) is 13.2 Å². The lowest BCUT2D eigenvalue weighted by atomic mass is 10.3. The molecule has 21 heavy (non-hydrogen) atoms. The molecule has 1 aromatic rings. The molecule has 9 heteroatoms. The molecule has 1 rings (SSSR count). The minimum atomic E-state index is -3.77. The average molecular weight is 446 g/mol. The molecule has 0 aromatic heterocycles. The lowest BCUT2D eigenvalue weighted by Gasteiger charge is -2.17. The van der Waals surface area contributed by atoms with Crippen molar-refractivity contribution < 1.29 is 23.1 Å². The van der Waals surface area contributed by atoms with E-state index in [1.54, 1.807) is 12.1 Å². The van der Waals surface area contributed by atoms with E-state index in [1.165, 1.54) is 6.08 Å². The molecule has 0 spiro atoms. The van der Waals surface area contributed by atoms with Gasteiger partial charge in [0.2, 0.25) is 0 Å². The number of nitrogens with zero attached hydrogens (tertiary/aromatic N) is 1. The standard InChI is InChI=1S/C12H13ClINO5S/c13-21(18,19)9-1-6-15(12(16)17)7-8-20-11-4-2-10(14)3-5-11/h1-5,9H,6-8H2,(H,16,17)/b9-1+. The van der Waals surface area contributed by atoms with E-state index in [-0.39, 0.29) is 19.7 Å². The zero-order chi connectivity index (χ0) is 15.9. The maximum absolute atomic E-state index is 11.0. The fraction of sp³-hybridized carbons (Fsp3) is 0.250. The molecule has 0 bridgehead atoms. The van der Waals surface area contributed by atoms with E-state index in [2.05, 4.69) is 22.6 Å². The Labute approximate surface area is 140 Å². The van der Waals surface area contributed by atoms with Crippen LogP contribution in [-0.2, 0) is 9.05 Å². The first-order valence-corrected chi connectivity index (χ1v) is 9.20. The van der Waals surface area contributed by atoms with Crippen LogP contribution in [0.2, 0.25) is 0 Å². The molecule has 116 valence electrons. The molecule has 6 nitrogen and oxygen atoms in total. The Bertz CT molecular complexity index is 603. The summed E-state index contributed by atoms with van der Waals surface area (Å²) in [7, 11) is 1.21. The second kappa shape index (κ2) is 8.44. The van der Waals surface area contributed by atoms with Gasteiger partial charge in [-0.1, -0.05) is 6.08 Å². The average Bonchev–Trinajstić information content (AvgIpc) is 2.37. The van der Waals surface area contributed by atoms with E-state index >= 15 is 0 Å². The van der Waals surface area contributed by atoms with Crippen molar-refractivity contribution in [3.8, 4) is 5.75 Å². The van der Waals surface area contributed by atoms with Gasteiger partial charge in [0, 0.05) is 26.2 Å². The van der Waals surface area contributed by atoms with Gasteiger partial charge in [0.1, 0.15) is 12.4 Å². The lowest BCUT2D eigenvalue weighted by molar-refractivity contribution is 0.141. The van der Waals surface area contributed by atoms with Crippen molar-refractivity contribution in [3.05, 3.63) is 39.3 Å². The monoisotopic (exact) mass is 445 g/mol. The Kier molecular flexibility index (Phi) is 7.26. The third-order valence-corrected chi connectivity index (χ3v) is 3.84. The van der Waals surface area contributed by atoms with Crippen LogP contribution in [-0.4, -0.2) is 44.2 Å². The predicted octanol–water partition coefficient (Wildman–Crippen LogP) is 2.73. The van der Waals surface area contributed by atoms with Crippen LogP contribution in [0.1, 0.15) is 0 Å². The molecule has 1 N–H and O–H groups in total. The minimum absolute atomic E-state index is 0.0860. The highest BCUT2D eigenvalue weighted by Crippen LogP contribution is 2.13. The van der Waals surface area contributed by atoms with E-state index in [0.717, 1.165) is 13.9 Å². The summed E-state index contributed by atoms with van der Waals surface area (Å²) in [6.07, 6.45) is -0.000689. The van der Waals surface area contributed by atoms with Gasteiger partial charge in [-0.15, -0.1) is 0 Å². The van der Waals surface area contributed by atoms with Crippen LogP contribution in [0.3, 0.4) is 0 Å². The van der Waals surface area contributed by atoms with Crippen molar-refractivity contribution in [2.45, 2.75) is 0 Å². The highest BCUT2D eigenvalue weighted by Gasteiger charge is 2.10. The molecule has 0 saturated carbocycles. The predicted molar refractivity (Wildman–Crippen MR) is 88.2 cm³/mol. The van der Waals surface area contributed by atoms with Gasteiger partial charge in [-0.3, -0.25) is 0 Å². The summed E-state index contributed by atoms with van der Waals surface area (Å²) in [4.78, 5) is 12.0. The van der Waals surface area contributed by atoms with Crippen molar-refractivity contribution >= 4 is 48.4 Å². The maximum Gasteiger partial charge on any atom is 0.407 e. The SMILES string of the molecule is O=C(O)N(C/C=C/S(=O)(=O)Cl)CCOc1ccc(I)cc1. The van der Waals surface area contributed by atoms with Gasteiger partial charge in [-0.25, -0.2) is 13.2 Å². The molecule has 0 aliphatic rings. The first-order chi connectivity index (χ1) is 9.78. The lowest BCUT2D eigenvalue weighted by Crippen LogP contribution is -2.33. The van der Waals surface area contributed by atoms with Crippen molar-refractivity contribution in [2.75, 3.05) is 19.7 Å². The molecular formula is C12H13ClINO5S. The summed E-state index contributed by atoms with van der Waals surface area (Å²) in [5, 5.41) is 9.74. The number of benzene rings is 1. The smallest absolute Gasteiger partial charge is 0.407 e. The van der Waals surface area contributed by atoms with Gasteiger partial charge >= 0.3 is 6.09 Å². The largest absolute Gasteiger partial charge is 0.492 e. The van der Waals surface area contributed by atoms with E-state index in [1.807, 2.05) is 12.1 Å². The number of hydrogen-bond donors (Lipinski definition) is 1. The summed E-state index contributed by atoms with van der Waals surface area (Å²) in [5.41, 5.74) is 0. The Morgan fingerprint density at radius 3 is 2.52 bits per heavy atom. The zero-order valence-electron chi connectivity index (χ0n) is 10.8. The van der Waals surface area contributed by atoms with Crippen LogP contribution in [0.5, 0.6) is 5.75 Å². The van der Waals surface area contributed by atoms with E-state index in [0.29, 0.717) is 5.75 Å². The molecule has 0 fully saturated rings. The van der Waals surface area contributed by atoms with Gasteiger partial charge in [-0.2, -0.15) is 0 Å². The molecule has 1 amide bonds. The van der Waals surface area contributed by atoms with Crippen molar-refractivity contribution in [2.24, 2.45) is 0 Å². The third kappa shape index (κ3) is 8.12. The number of carboxylic acid groups (broad SMARTS) is 1. The number of ether oxygens (including phenoxy) is 1. The van der Waals surface area contributed by atoms with Crippen molar-refractivity contribution in [3.63, 3.8) is 0 Å². The second-order valence-corrected chi connectivity index (χ2v) is 7.64. The number of rotatable bonds is 7. The quantitative estimate of drug-likeness (QED) is 0.515. The highest BCUT2D eigenvalue weighted by atomic mass is 127. The molecule has 0 radical (unpaired) electrons. The van der Waals surface area contributed by atoms with E-state index < -0.39 is 15.1 Å². The zero-order valence-corrected chi connectivity index (χ0v) is 14.5. The Morgan fingerprint density at radius 1 is 1.38 bits per heavy atom. The van der Waals surface area contributed by atoms with Gasteiger partial charge in [0.15, 0.2) is 0 Å². The summed E-state index contributed by atoms with van der Waals surface area (Å²) in [5.74, 6) is 0.639. The number of halogens is 2. The normalized spacial score (nSPS) is 11.5. The molecule has 0 saturated heterocycles. The van der Waals surface area contributed by atoms with E-state index in [4.69, 9.17) is 20.5 Å². The fourth-order valence-corrected chi connectivity index (χ4v) is 2.25. The number of amides is 1. The maximum atomic E-state index is 11.0. The van der Waals surface area contributed by atoms with Crippen LogP contribution >= 0.6 is 33.3 Å². The summed E-state index contributed by atoms with van der Waals surface area (Å²) in [6.45, 7) is 0.180. The van der Waals surface area contributed by atoms with Crippen molar-refractivity contribution in [1.82, 2.24) is 4.90 Å². The fourth-order valence-electron chi connectivity index (χ4n) is 1.35. The van der Waals surface area contributed by atoms with Crippen LogP contribution in [0.25, 0.3) is 0 Å². The molecular weight excluding hydrogens is 433 g/mol. The molecule has 0 atom stereocenters. The molecule has 1 aromatic carbocycles. The summed E-state index contributed by atoms with van der Waals surface area (Å²) >= 11 is 2.17. The van der Waals surface area contributed by atoms with Gasteiger partial charge in [-0.05, 0) is 46.9 Å². The minimum Gasteiger partial charge on any atom is -0.492 e. The molecule has 0 aliphatic heterocycles. The summed E-state index contributed by atoms with van der Waals surface area (Å²) in [6, 6.07) is 7.32. The Hall–Kier alpha value is -1.000. The summed E-state index contributed by atoms with van der Waals surface area (Å²) < 4.78 is 27.9. The molecule has 0 heterocycles. The van der Waals surface area contributed by atoms with Gasteiger partial charge in [0.05, 0.1) is 6.54 Å². The highest BCUT2D eigenvalue weighted by molar-refractivity contribution is 14.1. The van der Waals surface area contributed by atoms with Gasteiger partial charge in [0.25, 0.3) is 9.05 Å². The third-order valence-electron chi connectivity index (χ3n) is 2.30. The Balaban J connectivity index is 2.46. The molecule has 0 unspecified atom stereocenters. The number of hydrogen-bond acceptors (Lipinski definition) is 4. The Morgan fingerprint density at radius 2 is 2.00 bits per heavy atom. The second-order valence-electron chi connectivity index (χ2n) is 3.88. The van der Waals surface area contributed by atoms with Crippen molar-refractivity contribution in [1.29, 1.82) is 0 Å². The first-order valence-electron chi connectivity index (χ1n) is 5.75. The topological polar surface area (TPSA) is 83.9 Å². The van der Waals surface area contributed by atoms with Crippen LogP contribution in [0, 0.1) is 3.57 Å². The molecule has 0 aliphatic carbocycles. The van der Waals surface area contributed by atoms with Crippen LogP contribution in [0.15, 0.2) is 35.7 Å². The first kappa shape index (κ1) is 18.1. The number of carbonyl (C=O) groups is 1. The van der Waals surface area contributed by atoms with Crippen LogP contribution in [0.4, 0.5) is 4.79 Å². The van der Waals surface area contributed by atoms with Crippen LogP contribution < -0.4 is 4.74 Å².